The zero-order chi connectivity index (χ0) is 20.9. The fourth-order valence-corrected chi connectivity index (χ4v) is 2.97. The number of oxazole rings is 1. The van der Waals surface area contributed by atoms with Crippen LogP contribution in [0.5, 0.6) is 5.75 Å². The summed E-state index contributed by atoms with van der Waals surface area (Å²) in [4.78, 5) is 17.8. The van der Waals surface area contributed by atoms with E-state index in [1.165, 1.54) is 0 Å². The lowest BCUT2D eigenvalue weighted by atomic mass is 10.0. The number of benzene rings is 2. The molecule has 0 radical (unpaired) electrons. The topological polar surface area (TPSA) is 65.5 Å². The van der Waals surface area contributed by atoms with E-state index in [4.69, 9.17) is 13.6 Å². The number of ether oxygens (including phenoxy) is 1. The Hall–Kier alpha value is -3.86. The molecule has 2 aromatic heterocycles. The number of nitrogens with zero attached hydrogens (tertiary/aromatic N) is 1. The van der Waals surface area contributed by atoms with Crippen molar-refractivity contribution in [2.75, 3.05) is 0 Å². The smallest absolute Gasteiger partial charge is 0.231 e. The summed E-state index contributed by atoms with van der Waals surface area (Å²) in [5, 5.41) is 0. The Labute approximate surface area is 174 Å². The normalized spacial score (nSPS) is 12.2. The largest absolute Gasteiger partial charge is 0.491 e. The molecule has 30 heavy (non-hydrogen) atoms. The lowest BCUT2D eigenvalue weighted by Gasteiger charge is -2.10. The number of para-hydroxylation sites is 2. The summed E-state index contributed by atoms with van der Waals surface area (Å²) in [5.41, 5.74) is 2.20. The van der Waals surface area contributed by atoms with Crippen LogP contribution < -0.4 is 4.74 Å². The molecule has 0 spiro atoms. The van der Waals surface area contributed by atoms with Gasteiger partial charge in [-0.25, -0.2) is 4.98 Å². The summed E-state index contributed by atoms with van der Waals surface area (Å²) in [5.74, 6) is 1.48. The van der Waals surface area contributed by atoms with E-state index < -0.39 is 0 Å². The van der Waals surface area contributed by atoms with Crippen LogP contribution in [0, 0.1) is 0 Å². The number of aromatic nitrogens is 1. The minimum absolute atomic E-state index is 0.0634. The lowest BCUT2D eigenvalue weighted by Crippen LogP contribution is -2.06. The average molecular weight is 399 g/mol. The first-order chi connectivity index (χ1) is 14.6. The highest BCUT2D eigenvalue weighted by molar-refractivity contribution is 6.28. The Balaban J connectivity index is 1.69. The SMILES string of the molecule is CC(C)Oc1ccc(C(=O)/C(=C/C=C/c2ccco2)c2nc3ccccc3o2)cc1. The van der Waals surface area contributed by atoms with E-state index in [0.29, 0.717) is 33.7 Å². The van der Waals surface area contributed by atoms with Gasteiger partial charge in [-0.05, 0) is 74.5 Å². The molecule has 0 aliphatic rings. The van der Waals surface area contributed by atoms with Crippen LogP contribution in [0.25, 0.3) is 22.7 Å². The highest BCUT2D eigenvalue weighted by atomic mass is 16.5. The van der Waals surface area contributed by atoms with E-state index >= 15 is 0 Å². The van der Waals surface area contributed by atoms with E-state index in [9.17, 15) is 4.79 Å². The summed E-state index contributed by atoms with van der Waals surface area (Å²) in [6.45, 7) is 3.91. The van der Waals surface area contributed by atoms with Gasteiger partial charge in [-0.1, -0.05) is 18.2 Å². The van der Waals surface area contributed by atoms with Gasteiger partial charge in [0, 0.05) is 5.56 Å². The third-order valence-corrected chi connectivity index (χ3v) is 4.32. The van der Waals surface area contributed by atoms with Gasteiger partial charge in [0.05, 0.1) is 17.9 Å². The first-order valence-electron chi connectivity index (χ1n) is 9.69. The Kier molecular flexibility index (Phi) is 5.61. The molecule has 2 aromatic carbocycles. The van der Waals surface area contributed by atoms with E-state index in [1.54, 1.807) is 54.8 Å². The van der Waals surface area contributed by atoms with Crippen LogP contribution in [-0.2, 0) is 0 Å². The maximum absolute atomic E-state index is 13.3. The van der Waals surface area contributed by atoms with E-state index in [-0.39, 0.29) is 17.8 Å². The van der Waals surface area contributed by atoms with Crippen molar-refractivity contribution >= 4 is 28.5 Å². The Morgan fingerprint density at radius 1 is 1.03 bits per heavy atom. The fourth-order valence-electron chi connectivity index (χ4n) is 2.97. The molecule has 0 amide bonds. The molecule has 2 heterocycles. The van der Waals surface area contributed by atoms with Crippen molar-refractivity contribution in [3.05, 3.63) is 96.3 Å². The van der Waals surface area contributed by atoms with Crippen molar-refractivity contribution in [3.63, 3.8) is 0 Å². The number of rotatable bonds is 7. The van der Waals surface area contributed by atoms with Crippen LogP contribution in [0.15, 0.2) is 87.9 Å². The summed E-state index contributed by atoms with van der Waals surface area (Å²) in [6.07, 6.45) is 6.87. The molecule has 0 atom stereocenters. The Morgan fingerprint density at radius 3 is 2.53 bits per heavy atom. The van der Waals surface area contributed by atoms with Crippen molar-refractivity contribution in [3.8, 4) is 5.75 Å². The predicted octanol–water partition coefficient (Wildman–Crippen LogP) is 6.19. The minimum atomic E-state index is -0.193. The monoisotopic (exact) mass is 399 g/mol. The lowest BCUT2D eigenvalue weighted by molar-refractivity contribution is 0.105. The molecule has 4 aromatic rings. The molecular formula is C25H21NO4. The zero-order valence-electron chi connectivity index (χ0n) is 16.7. The number of carbonyl (C=O) groups excluding carboxylic acids is 1. The molecule has 5 heteroatoms. The number of carbonyl (C=O) groups is 1. The minimum Gasteiger partial charge on any atom is -0.491 e. The van der Waals surface area contributed by atoms with Gasteiger partial charge in [0.15, 0.2) is 11.4 Å². The number of Topliss-reactive ketones (excluding diaryl/α,β-unsaturated/α-hetero) is 1. The molecule has 0 saturated carbocycles. The maximum Gasteiger partial charge on any atom is 0.231 e. The molecule has 150 valence electrons. The van der Waals surface area contributed by atoms with Gasteiger partial charge in [0.25, 0.3) is 0 Å². The first-order valence-corrected chi connectivity index (χ1v) is 9.69. The van der Waals surface area contributed by atoms with E-state index in [2.05, 4.69) is 4.98 Å². The number of ketones is 1. The standard InChI is InChI=1S/C25H21NO4/c1-17(2)29-20-14-12-18(13-15-20)24(27)21(9-5-7-19-8-6-16-28-19)25-26-22-10-3-4-11-23(22)30-25/h3-17H,1-2H3/b7-5+,21-9-. The second-order valence-electron chi connectivity index (χ2n) is 6.96. The second-order valence-corrected chi connectivity index (χ2v) is 6.96. The van der Waals surface area contributed by atoms with Crippen molar-refractivity contribution in [1.29, 1.82) is 0 Å². The molecule has 0 aliphatic heterocycles. The maximum atomic E-state index is 13.3. The van der Waals surface area contributed by atoms with Crippen molar-refractivity contribution in [2.24, 2.45) is 0 Å². The van der Waals surface area contributed by atoms with Crippen LogP contribution in [0.4, 0.5) is 0 Å². The predicted molar refractivity (Wildman–Crippen MR) is 116 cm³/mol. The Morgan fingerprint density at radius 2 is 1.83 bits per heavy atom. The number of hydrogen-bond acceptors (Lipinski definition) is 5. The second kappa shape index (κ2) is 8.66. The summed E-state index contributed by atoms with van der Waals surface area (Å²) in [7, 11) is 0. The molecule has 5 nitrogen and oxygen atoms in total. The van der Waals surface area contributed by atoms with E-state index in [0.717, 1.165) is 0 Å². The van der Waals surface area contributed by atoms with Crippen molar-refractivity contribution in [1.82, 2.24) is 4.98 Å². The van der Waals surface area contributed by atoms with Gasteiger partial charge in [0.1, 0.15) is 17.0 Å². The van der Waals surface area contributed by atoms with Crippen LogP contribution in [0.3, 0.4) is 0 Å². The molecule has 0 fully saturated rings. The summed E-state index contributed by atoms with van der Waals surface area (Å²) in [6, 6.07) is 18.1. The van der Waals surface area contributed by atoms with Gasteiger partial charge in [-0.3, -0.25) is 4.79 Å². The van der Waals surface area contributed by atoms with Crippen LogP contribution in [0.1, 0.15) is 35.9 Å². The molecule has 0 unspecified atom stereocenters. The van der Waals surface area contributed by atoms with Gasteiger partial charge < -0.3 is 13.6 Å². The van der Waals surface area contributed by atoms with Gasteiger partial charge in [-0.2, -0.15) is 0 Å². The molecular weight excluding hydrogens is 378 g/mol. The zero-order valence-corrected chi connectivity index (χ0v) is 16.7. The summed E-state index contributed by atoms with van der Waals surface area (Å²) < 4.78 is 16.8. The van der Waals surface area contributed by atoms with Gasteiger partial charge in [-0.15, -0.1) is 0 Å². The van der Waals surface area contributed by atoms with Crippen LogP contribution in [-0.4, -0.2) is 16.9 Å². The highest BCUT2D eigenvalue weighted by Gasteiger charge is 2.19. The Bertz CT molecular complexity index is 1160. The number of fused-ring (bicyclic) bond motifs is 1. The average Bonchev–Trinajstić information content (AvgIpc) is 3.40. The van der Waals surface area contributed by atoms with Crippen molar-refractivity contribution < 1.29 is 18.4 Å². The first kappa shape index (κ1) is 19.5. The number of allylic oxidation sites excluding steroid dienone is 3. The third-order valence-electron chi connectivity index (χ3n) is 4.32. The summed E-state index contributed by atoms with van der Waals surface area (Å²) >= 11 is 0. The molecule has 0 N–H and O–H groups in total. The fraction of sp³-hybridized carbons (Fsp3) is 0.120. The van der Waals surface area contributed by atoms with Gasteiger partial charge in [0.2, 0.25) is 5.89 Å². The van der Waals surface area contributed by atoms with Crippen LogP contribution >= 0.6 is 0 Å². The molecule has 4 rings (SSSR count). The van der Waals surface area contributed by atoms with Crippen molar-refractivity contribution in [2.45, 2.75) is 20.0 Å². The number of hydrogen-bond donors (Lipinski definition) is 0. The molecule has 0 saturated heterocycles. The molecule has 0 aliphatic carbocycles. The van der Waals surface area contributed by atoms with Gasteiger partial charge >= 0.3 is 0 Å². The van der Waals surface area contributed by atoms with Crippen LogP contribution in [0.2, 0.25) is 0 Å². The highest BCUT2D eigenvalue weighted by Crippen LogP contribution is 2.25. The number of furan rings is 1. The quantitative estimate of drug-likeness (QED) is 0.211. The third kappa shape index (κ3) is 4.41. The van der Waals surface area contributed by atoms with E-state index in [1.807, 2.05) is 44.2 Å². The molecule has 0 bridgehead atoms.